The molecule has 6 heteroatoms. The zero-order valence-electron chi connectivity index (χ0n) is 10.9. The summed E-state index contributed by atoms with van der Waals surface area (Å²) in [7, 11) is 0. The predicted molar refractivity (Wildman–Crippen MR) is 72.3 cm³/mol. The number of aromatic nitrogens is 1. The number of nitrogens with zero attached hydrogens (tertiary/aromatic N) is 4. The molecule has 2 aliphatic heterocycles. The van der Waals surface area contributed by atoms with Gasteiger partial charge in [-0.2, -0.15) is 0 Å². The van der Waals surface area contributed by atoms with Crippen LogP contribution in [0.5, 0.6) is 0 Å². The number of hydrogen-bond donors (Lipinski definition) is 0. The molecule has 0 radical (unpaired) electrons. The lowest BCUT2D eigenvalue weighted by atomic mass is 10.2. The van der Waals surface area contributed by atoms with Crippen molar-refractivity contribution in [1.82, 2.24) is 9.88 Å². The van der Waals surface area contributed by atoms with Gasteiger partial charge in [0.2, 0.25) is 5.82 Å². The van der Waals surface area contributed by atoms with Gasteiger partial charge >= 0.3 is 5.69 Å². The Bertz CT molecular complexity index is 479. The van der Waals surface area contributed by atoms with Crippen molar-refractivity contribution in [3.05, 3.63) is 28.4 Å². The fourth-order valence-corrected chi connectivity index (χ4v) is 3.17. The van der Waals surface area contributed by atoms with E-state index in [9.17, 15) is 10.1 Å². The van der Waals surface area contributed by atoms with E-state index < -0.39 is 0 Å². The first-order valence-corrected chi connectivity index (χ1v) is 6.84. The molecule has 0 amide bonds. The molecule has 102 valence electrons. The lowest BCUT2D eigenvalue weighted by Crippen LogP contribution is -2.37. The van der Waals surface area contributed by atoms with Crippen LogP contribution >= 0.6 is 0 Å². The second kappa shape index (κ2) is 5.13. The standard InChI is InChI=1S/C13H18N4O2/c18-17(19)12-5-1-6-14-13(12)16-9-3-8-15-7-2-4-11(15)10-16/h1,5-6,11H,2-4,7-10H2. The minimum Gasteiger partial charge on any atom is -0.349 e. The first-order valence-electron chi connectivity index (χ1n) is 6.84. The monoisotopic (exact) mass is 262 g/mol. The van der Waals surface area contributed by atoms with Gasteiger partial charge in [-0.05, 0) is 31.9 Å². The van der Waals surface area contributed by atoms with Gasteiger partial charge in [0, 0.05) is 37.9 Å². The van der Waals surface area contributed by atoms with E-state index in [2.05, 4.69) is 14.8 Å². The maximum Gasteiger partial charge on any atom is 0.311 e. The molecule has 0 aromatic carbocycles. The molecule has 1 aromatic rings. The second-order valence-electron chi connectivity index (χ2n) is 5.23. The van der Waals surface area contributed by atoms with Crippen LogP contribution in [0.15, 0.2) is 18.3 Å². The van der Waals surface area contributed by atoms with E-state index in [-0.39, 0.29) is 10.6 Å². The summed E-state index contributed by atoms with van der Waals surface area (Å²) < 4.78 is 0. The van der Waals surface area contributed by atoms with Gasteiger partial charge in [0.05, 0.1) is 4.92 Å². The number of fused-ring (bicyclic) bond motifs is 1. The first-order chi connectivity index (χ1) is 9.25. The third-order valence-corrected chi connectivity index (χ3v) is 4.07. The molecule has 3 heterocycles. The molecule has 0 N–H and O–H groups in total. The summed E-state index contributed by atoms with van der Waals surface area (Å²) in [5, 5.41) is 11.1. The van der Waals surface area contributed by atoms with Crippen molar-refractivity contribution in [3.63, 3.8) is 0 Å². The molecule has 1 aromatic heterocycles. The Labute approximate surface area is 112 Å². The summed E-state index contributed by atoms with van der Waals surface area (Å²) in [4.78, 5) is 19.6. The normalized spacial score (nSPS) is 24.0. The lowest BCUT2D eigenvalue weighted by molar-refractivity contribution is -0.384. The fraction of sp³-hybridized carbons (Fsp3) is 0.615. The first kappa shape index (κ1) is 12.3. The summed E-state index contributed by atoms with van der Waals surface area (Å²) in [5.41, 5.74) is 0.119. The molecule has 2 saturated heterocycles. The minimum atomic E-state index is -0.334. The van der Waals surface area contributed by atoms with Gasteiger partial charge in [0.25, 0.3) is 0 Å². The molecule has 19 heavy (non-hydrogen) atoms. The third kappa shape index (κ3) is 2.40. The van der Waals surface area contributed by atoms with Crippen molar-refractivity contribution in [1.29, 1.82) is 0 Å². The van der Waals surface area contributed by atoms with Crippen molar-refractivity contribution >= 4 is 11.5 Å². The molecule has 0 aliphatic carbocycles. The van der Waals surface area contributed by atoms with Gasteiger partial charge in [-0.1, -0.05) is 0 Å². The molecule has 0 spiro atoms. The lowest BCUT2D eigenvalue weighted by Gasteiger charge is -2.26. The highest BCUT2D eigenvalue weighted by Crippen LogP contribution is 2.29. The maximum absolute atomic E-state index is 11.1. The van der Waals surface area contributed by atoms with Crippen LogP contribution in [0.3, 0.4) is 0 Å². The molecule has 2 fully saturated rings. The van der Waals surface area contributed by atoms with Gasteiger partial charge < -0.3 is 4.90 Å². The number of nitro groups is 1. The average molecular weight is 262 g/mol. The Kier molecular flexibility index (Phi) is 3.33. The quantitative estimate of drug-likeness (QED) is 0.599. The summed E-state index contributed by atoms with van der Waals surface area (Å²) in [6, 6.07) is 3.70. The topological polar surface area (TPSA) is 62.5 Å². The van der Waals surface area contributed by atoms with Gasteiger partial charge in [0.1, 0.15) is 0 Å². The Balaban J connectivity index is 1.87. The van der Waals surface area contributed by atoms with E-state index >= 15 is 0 Å². The summed E-state index contributed by atoms with van der Waals surface area (Å²) in [5.74, 6) is 0.529. The van der Waals surface area contributed by atoms with Gasteiger partial charge in [-0.3, -0.25) is 15.0 Å². The zero-order chi connectivity index (χ0) is 13.2. The highest BCUT2D eigenvalue weighted by molar-refractivity contribution is 5.57. The average Bonchev–Trinajstić information content (AvgIpc) is 2.76. The van der Waals surface area contributed by atoms with Crippen LogP contribution in [0.25, 0.3) is 0 Å². The van der Waals surface area contributed by atoms with Crippen LogP contribution in [0.1, 0.15) is 19.3 Å². The molecular formula is C13H18N4O2. The molecule has 1 atom stereocenters. The minimum absolute atomic E-state index is 0.119. The highest BCUT2D eigenvalue weighted by Gasteiger charge is 2.31. The second-order valence-corrected chi connectivity index (χ2v) is 5.23. The van der Waals surface area contributed by atoms with E-state index in [1.165, 1.54) is 19.4 Å². The van der Waals surface area contributed by atoms with E-state index in [1.807, 2.05) is 0 Å². The number of pyridine rings is 1. The van der Waals surface area contributed by atoms with E-state index in [4.69, 9.17) is 0 Å². The largest absolute Gasteiger partial charge is 0.349 e. The Morgan fingerprint density at radius 3 is 3.00 bits per heavy atom. The third-order valence-electron chi connectivity index (χ3n) is 4.07. The van der Waals surface area contributed by atoms with Crippen molar-refractivity contribution < 1.29 is 4.92 Å². The summed E-state index contributed by atoms with van der Waals surface area (Å²) in [6.07, 6.45) is 5.11. The summed E-state index contributed by atoms with van der Waals surface area (Å²) in [6.45, 7) is 3.98. The Morgan fingerprint density at radius 2 is 2.16 bits per heavy atom. The molecule has 3 rings (SSSR count). The number of hydrogen-bond acceptors (Lipinski definition) is 5. The van der Waals surface area contributed by atoms with Crippen molar-refractivity contribution in [3.8, 4) is 0 Å². The molecule has 0 saturated carbocycles. The molecular weight excluding hydrogens is 244 g/mol. The molecule has 1 unspecified atom stereocenters. The van der Waals surface area contributed by atoms with Crippen LogP contribution in [0.4, 0.5) is 11.5 Å². The van der Waals surface area contributed by atoms with Gasteiger partial charge in [-0.15, -0.1) is 0 Å². The predicted octanol–water partition coefficient (Wildman–Crippen LogP) is 1.66. The molecule has 2 aliphatic rings. The van der Waals surface area contributed by atoms with Gasteiger partial charge in [-0.25, -0.2) is 4.98 Å². The smallest absolute Gasteiger partial charge is 0.311 e. The number of rotatable bonds is 2. The SMILES string of the molecule is O=[N+]([O-])c1cccnc1N1CCCN2CCCC2C1. The Morgan fingerprint density at radius 1 is 1.32 bits per heavy atom. The van der Waals surface area contributed by atoms with Crippen molar-refractivity contribution in [2.45, 2.75) is 25.3 Å². The van der Waals surface area contributed by atoms with Gasteiger partial charge in [0.15, 0.2) is 0 Å². The summed E-state index contributed by atoms with van der Waals surface area (Å²) >= 11 is 0. The Hall–Kier alpha value is -1.69. The van der Waals surface area contributed by atoms with Crippen molar-refractivity contribution in [2.75, 3.05) is 31.1 Å². The van der Waals surface area contributed by atoms with E-state index in [1.54, 1.807) is 18.3 Å². The van der Waals surface area contributed by atoms with Crippen LogP contribution in [-0.2, 0) is 0 Å². The number of anilines is 1. The maximum atomic E-state index is 11.1. The van der Waals surface area contributed by atoms with E-state index in [0.717, 1.165) is 26.1 Å². The fourth-order valence-electron chi connectivity index (χ4n) is 3.17. The van der Waals surface area contributed by atoms with Crippen LogP contribution in [-0.4, -0.2) is 47.0 Å². The molecule has 6 nitrogen and oxygen atoms in total. The molecule has 0 bridgehead atoms. The zero-order valence-corrected chi connectivity index (χ0v) is 10.9. The van der Waals surface area contributed by atoms with Crippen molar-refractivity contribution in [2.24, 2.45) is 0 Å². The highest BCUT2D eigenvalue weighted by atomic mass is 16.6. The van der Waals surface area contributed by atoms with Crippen LogP contribution in [0, 0.1) is 10.1 Å². The van der Waals surface area contributed by atoms with E-state index in [0.29, 0.717) is 11.9 Å². The van der Waals surface area contributed by atoms with Crippen LogP contribution < -0.4 is 4.90 Å². The van der Waals surface area contributed by atoms with Crippen LogP contribution in [0.2, 0.25) is 0 Å².